The highest BCUT2D eigenvalue weighted by Gasteiger charge is 2.37. The quantitative estimate of drug-likeness (QED) is 0.864. The first-order valence-electron chi connectivity index (χ1n) is 7.79. The predicted octanol–water partition coefficient (Wildman–Crippen LogP) is 1.47. The van der Waals surface area contributed by atoms with E-state index < -0.39 is 12.0 Å². The first kappa shape index (κ1) is 18.3. The van der Waals surface area contributed by atoms with Gasteiger partial charge in [0.1, 0.15) is 11.7 Å². The molecule has 1 saturated heterocycles. The number of nitrogens with zero attached hydrogens (tertiary/aromatic N) is 3. The predicted molar refractivity (Wildman–Crippen MR) is 91.1 cm³/mol. The SMILES string of the molecule is CCN(CC)C(=O)C1CSCN1C(=O)c1ccc(C(=O)O)c(C)n1. The molecule has 130 valence electrons. The third kappa shape index (κ3) is 3.53. The Morgan fingerprint density at radius 2 is 2.00 bits per heavy atom. The van der Waals surface area contributed by atoms with Gasteiger partial charge in [-0.3, -0.25) is 9.59 Å². The van der Waals surface area contributed by atoms with Crippen LogP contribution in [0, 0.1) is 6.92 Å². The van der Waals surface area contributed by atoms with Crippen LogP contribution in [-0.2, 0) is 4.79 Å². The lowest BCUT2D eigenvalue weighted by molar-refractivity contribution is -0.134. The Bertz CT molecular complexity index is 661. The van der Waals surface area contributed by atoms with E-state index in [1.165, 1.54) is 28.8 Å². The van der Waals surface area contributed by atoms with Crippen molar-refractivity contribution >= 4 is 29.5 Å². The molecule has 2 rings (SSSR count). The van der Waals surface area contributed by atoms with E-state index in [4.69, 9.17) is 5.11 Å². The molecule has 1 aromatic rings. The number of aromatic nitrogens is 1. The number of aromatic carboxylic acids is 1. The third-order valence-corrected chi connectivity index (χ3v) is 5.05. The molecule has 1 N–H and O–H groups in total. The van der Waals surface area contributed by atoms with Crippen LogP contribution < -0.4 is 0 Å². The summed E-state index contributed by atoms with van der Waals surface area (Å²) in [6.45, 7) is 6.57. The zero-order valence-corrected chi connectivity index (χ0v) is 14.8. The summed E-state index contributed by atoms with van der Waals surface area (Å²) in [6.07, 6.45) is 0. The number of carbonyl (C=O) groups excluding carboxylic acids is 2. The molecule has 0 spiro atoms. The Balaban J connectivity index is 2.23. The van der Waals surface area contributed by atoms with Crippen LogP contribution in [0.25, 0.3) is 0 Å². The average Bonchev–Trinajstić information content (AvgIpc) is 3.04. The first-order valence-corrected chi connectivity index (χ1v) is 8.94. The monoisotopic (exact) mass is 351 g/mol. The van der Waals surface area contributed by atoms with E-state index in [-0.39, 0.29) is 28.8 Å². The highest BCUT2D eigenvalue weighted by atomic mass is 32.2. The van der Waals surface area contributed by atoms with Crippen molar-refractivity contribution in [3.63, 3.8) is 0 Å². The minimum absolute atomic E-state index is 0.0581. The Kier molecular flexibility index (Phi) is 5.82. The maximum absolute atomic E-state index is 12.7. The van der Waals surface area contributed by atoms with Crippen LogP contribution in [0.3, 0.4) is 0 Å². The number of pyridine rings is 1. The number of carbonyl (C=O) groups is 3. The van der Waals surface area contributed by atoms with Crippen LogP contribution in [-0.4, -0.2) is 68.4 Å². The van der Waals surface area contributed by atoms with Gasteiger partial charge in [0.25, 0.3) is 5.91 Å². The molecule has 0 aliphatic carbocycles. The molecule has 1 fully saturated rings. The van der Waals surface area contributed by atoms with Crippen LogP contribution >= 0.6 is 11.8 Å². The highest BCUT2D eigenvalue weighted by Crippen LogP contribution is 2.24. The summed E-state index contributed by atoms with van der Waals surface area (Å²) in [5, 5.41) is 9.05. The number of hydrogen-bond acceptors (Lipinski definition) is 5. The van der Waals surface area contributed by atoms with Gasteiger partial charge in [-0.2, -0.15) is 0 Å². The summed E-state index contributed by atoms with van der Waals surface area (Å²) in [7, 11) is 0. The number of rotatable bonds is 5. The van der Waals surface area contributed by atoms with Gasteiger partial charge in [0.05, 0.1) is 17.1 Å². The van der Waals surface area contributed by atoms with E-state index in [0.717, 1.165) is 0 Å². The summed E-state index contributed by atoms with van der Waals surface area (Å²) < 4.78 is 0. The lowest BCUT2D eigenvalue weighted by Gasteiger charge is -2.28. The molecule has 0 radical (unpaired) electrons. The van der Waals surface area contributed by atoms with Gasteiger partial charge in [-0.15, -0.1) is 11.8 Å². The Morgan fingerprint density at radius 3 is 2.54 bits per heavy atom. The van der Waals surface area contributed by atoms with Crippen molar-refractivity contribution in [1.29, 1.82) is 0 Å². The first-order chi connectivity index (χ1) is 11.4. The molecule has 2 amide bonds. The summed E-state index contributed by atoms with van der Waals surface area (Å²) in [6, 6.07) is 2.28. The van der Waals surface area contributed by atoms with E-state index in [0.29, 0.717) is 24.7 Å². The van der Waals surface area contributed by atoms with E-state index in [1.54, 1.807) is 11.8 Å². The Morgan fingerprint density at radius 1 is 1.33 bits per heavy atom. The van der Waals surface area contributed by atoms with Gasteiger partial charge >= 0.3 is 5.97 Å². The molecule has 1 aliphatic rings. The van der Waals surface area contributed by atoms with Gasteiger partial charge in [-0.05, 0) is 32.9 Å². The fourth-order valence-electron chi connectivity index (χ4n) is 2.65. The zero-order chi connectivity index (χ0) is 17.9. The number of aryl methyl sites for hydroxylation is 1. The summed E-state index contributed by atoms with van der Waals surface area (Å²) in [4.78, 5) is 43.7. The van der Waals surface area contributed by atoms with Crippen LogP contribution in [0.4, 0.5) is 0 Å². The van der Waals surface area contributed by atoms with E-state index >= 15 is 0 Å². The van der Waals surface area contributed by atoms with Gasteiger partial charge in [0.2, 0.25) is 5.91 Å². The van der Waals surface area contributed by atoms with Crippen molar-refractivity contribution in [2.45, 2.75) is 26.8 Å². The molecule has 2 heterocycles. The number of hydrogen-bond donors (Lipinski definition) is 1. The summed E-state index contributed by atoms with van der Waals surface area (Å²) in [5.41, 5.74) is 0.516. The third-order valence-electron chi connectivity index (χ3n) is 4.04. The van der Waals surface area contributed by atoms with Gasteiger partial charge in [0, 0.05) is 18.8 Å². The maximum Gasteiger partial charge on any atom is 0.337 e. The lowest BCUT2D eigenvalue weighted by atomic mass is 10.1. The second-order valence-electron chi connectivity index (χ2n) is 5.44. The largest absolute Gasteiger partial charge is 0.478 e. The molecule has 1 unspecified atom stereocenters. The fraction of sp³-hybridized carbons (Fsp3) is 0.500. The molecule has 7 nitrogen and oxygen atoms in total. The van der Waals surface area contributed by atoms with Crippen molar-refractivity contribution in [3.05, 3.63) is 29.1 Å². The van der Waals surface area contributed by atoms with Crippen molar-refractivity contribution in [1.82, 2.24) is 14.8 Å². The molecule has 0 saturated carbocycles. The lowest BCUT2D eigenvalue weighted by Crippen LogP contribution is -2.49. The highest BCUT2D eigenvalue weighted by molar-refractivity contribution is 7.99. The molecule has 1 aliphatic heterocycles. The zero-order valence-electron chi connectivity index (χ0n) is 14.0. The van der Waals surface area contributed by atoms with E-state index in [2.05, 4.69) is 4.98 Å². The van der Waals surface area contributed by atoms with Gasteiger partial charge in [-0.1, -0.05) is 0 Å². The minimum atomic E-state index is -1.08. The number of amides is 2. The molecule has 8 heteroatoms. The van der Waals surface area contributed by atoms with Gasteiger partial charge in [0.15, 0.2) is 0 Å². The number of likely N-dealkylation sites (N-methyl/N-ethyl adjacent to an activating group) is 1. The topological polar surface area (TPSA) is 90.8 Å². The second-order valence-corrected chi connectivity index (χ2v) is 6.44. The van der Waals surface area contributed by atoms with Crippen molar-refractivity contribution in [3.8, 4) is 0 Å². The molecule has 24 heavy (non-hydrogen) atoms. The van der Waals surface area contributed by atoms with Crippen LogP contribution in [0.2, 0.25) is 0 Å². The van der Waals surface area contributed by atoms with Crippen LogP contribution in [0.5, 0.6) is 0 Å². The number of thioether (sulfide) groups is 1. The normalized spacial score (nSPS) is 17.0. The molecular weight excluding hydrogens is 330 g/mol. The van der Waals surface area contributed by atoms with E-state index in [9.17, 15) is 14.4 Å². The Labute approximate surface area is 145 Å². The molecule has 0 bridgehead atoms. The van der Waals surface area contributed by atoms with Crippen molar-refractivity contribution in [2.24, 2.45) is 0 Å². The molecular formula is C16H21N3O4S. The maximum atomic E-state index is 12.7. The summed E-state index contributed by atoms with van der Waals surface area (Å²) in [5.74, 6) is -0.487. The Hall–Kier alpha value is -2.09. The number of carboxylic acid groups (broad SMARTS) is 1. The minimum Gasteiger partial charge on any atom is -0.478 e. The average molecular weight is 351 g/mol. The molecule has 0 aromatic carbocycles. The van der Waals surface area contributed by atoms with Crippen LogP contribution in [0.1, 0.15) is 40.4 Å². The van der Waals surface area contributed by atoms with Gasteiger partial charge < -0.3 is 14.9 Å². The van der Waals surface area contributed by atoms with Crippen LogP contribution in [0.15, 0.2) is 12.1 Å². The molecule has 1 aromatic heterocycles. The fourth-order valence-corrected chi connectivity index (χ4v) is 3.79. The summed E-state index contributed by atoms with van der Waals surface area (Å²) >= 11 is 1.53. The molecule has 1 atom stereocenters. The number of carboxylic acids is 1. The van der Waals surface area contributed by atoms with Gasteiger partial charge in [-0.25, -0.2) is 9.78 Å². The van der Waals surface area contributed by atoms with Crippen molar-refractivity contribution < 1.29 is 19.5 Å². The van der Waals surface area contributed by atoms with Crippen molar-refractivity contribution in [2.75, 3.05) is 24.7 Å². The standard InChI is InChI=1S/C16H21N3O4S/c1-4-18(5-2)15(21)13-8-24-9-19(13)14(20)12-7-6-11(16(22)23)10(3)17-12/h6-7,13H,4-5,8-9H2,1-3H3,(H,22,23). The second kappa shape index (κ2) is 7.65. The van der Waals surface area contributed by atoms with E-state index in [1.807, 2.05) is 13.8 Å². The smallest absolute Gasteiger partial charge is 0.337 e.